The molecule has 0 unspecified atom stereocenters. The summed E-state index contributed by atoms with van der Waals surface area (Å²) in [6, 6.07) is 14.9. The lowest BCUT2D eigenvalue weighted by Gasteiger charge is -2.07. The zero-order valence-corrected chi connectivity index (χ0v) is 12.8. The first-order chi connectivity index (χ1) is 10.5. The molecule has 0 aliphatic carbocycles. The number of benzene rings is 2. The van der Waals surface area contributed by atoms with Crippen LogP contribution in [0.15, 0.2) is 48.5 Å². The van der Waals surface area contributed by atoms with Crippen molar-refractivity contribution in [2.24, 2.45) is 0 Å². The van der Waals surface area contributed by atoms with E-state index in [1.54, 1.807) is 12.1 Å². The van der Waals surface area contributed by atoms with E-state index in [1.165, 1.54) is 5.56 Å². The maximum atomic E-state index is 11.8. The number of carbonyl (C=O) groups excluding carboxylic acids is 2. The summed E-state index contributed by atoms with van der Waals surface area (Å²) in [6.45, 7) is 3.74. The number of nitrogens with one attached hydrogen (secondary N) is 1. The Kier molecular flexibility index (Phi) is 5.31. The van der Waals surface area contributed by atoms with Crippen LogP contribution in [0.2, 0.25) is 0 Å². The Hall–Kier alpha value is -2.62. The average molecular weight is 297 g/mol. The molecule has 0 bridgehead atoms. The fourth-order valence-electron chi connectivity index (χ4n) is 2.00. The van der Waals surface area contributed by atoms with Crippen LogP contribution in [-0.4, -0.2) is 18.5 Å². The van der Waals surface area contributed by atoms with Gasteiger partial charge in [-0.3, -0.25) is 9.59 Å². The largest absolute Gasteiger partial charge is 0.455 e. The molecule has 4 nitrogen and oxygen atoms in total. The van der Waals surface area contributed by atoms with Gasteiger partial charge in [0.2, 0.25) is 0 Å². The molecule has 0 heterocycles. The predicted octanol–water partition coefficient (Wildman–Crippen LogP) is 3.03. The summed E-state index contributed by atoms with van der Waals surface area (Å²) in [5, 5.41) is 2.66. The highest BCUT2D eigenvalue weighted by molar-refractivity contribution is 5.92. The lowest BCUT2D eigenvalue weighted by atomic mass is 10.0. The highest BCUT2D eigenvalue weighted by atomic mass is 16.5. The van der Waals surface area contributed by atoms with Gasteiger partial charge in [-0.1, -0.05) is 36.4 Å². The number of rotatable bonds is 5. The molecule has 114 valence electrons. The number of amides is 1. The minimum Gasteiger partial charge on any atom is -0.455 e. The van der Waals surface area contributed by atoms with E-state index in [0.29, 0.717) is 5.69 Å². The summed E-state index contributed by atoms with van der Waals surface area (Å²) in [7, 11) is 0. The Morgan fingerprint density at radius 3 is 2.41 bits per heavy atom. The second-order valence-corrected chi connectivity index (χ2v) is 5.17. The maximum Gasteiger partial charge on any atom is 0.310 e. The zero-order valence-electron chi connectivity index (χ0n) is 12.8. The van der Waals surface area contributed by atoms with Crippen molar-refractivity contribution in [3.8, 4) is 0 Å². The summed E-state index contributed by atoms with van der Waals surface area (Å²) >= 11 is 0. The van der Waals surface area contributed by atoms with Crippen molar-refractivity contribution < 1.29 is 14.3 Å². The maximum absolute atomic E-state index is 11.8. The molecule has 1 N–H and O–H groups in total. The molecule has 0 saturated carbocycles. The molecular formula is C18H19NO3. The highest BCUT2D eigenvalue weighted by Crippen LogP contribution is 2.11. The van der Waals surface area contributed by atoms with Gasteiger partial charge in [0.15, 0.2) is 6.61 Å². The van der Waals surface area contributed by atoms with Crippen molar-refractivity contribution in [3.63, 3.8) is 0 Å². The van der Waals surface area contributed by atoms with Gasteiger partial charge in [-0.2, -0.15) is 0 Å². The van der Waals surface area contributed by atoms with Crippen molar-refractivity contribution in [3.05, 3.63) is 65.2 Å². The molecule has 0 aliphatic rings. The van der Waals surface area contributed by atoms with Crippen molar-refractivity contribution >= 4 is 17.6 Å². The first kappa shape index (κ1) is 15.8. The minimum atomic E-state index is -0.411. The minimum absolute atomic E-state index is 0.166. The molecule has 0 aromatic heterocycles. The standard InChI is InChI=1S/C18H19NO3/c1-13-8-9-15(10-14(13)2)11-18(21)22-12-17(20)19-16-6-4-3-5-7-16/h3-10H,11-12H2,1-2H3,(H,19,20). The molecule has 2 aromatic carbocycles. The van der Waals surface area contributed by atoms with Gasteiger partial charge in [-0.15, -0.1) is 0 Å². The van der Waals surface area contributed by atoms with E-state index in [-0.39, 0.29) is 18.9 Å². The lowest BCUT2D eigenvalue weighted by molar-refractivity contribution is -0.146. The molecule has 2 rings (SSSR count). The fraction of sp³-hybridized carbons (Fsp3) is 0.222. The van der Waals surface area contributed by atoms with Crippen LogP contribution in [0, 0.1) is 13.8 Å². The Balaban J connectivity index is 1.80. The Morgan fingerprint density at radius 1 is 1.00 bits per heavy atom. The molecule has 0 atom stereocenters. The summed E-state index contributed by atoms with van der Waals surface area (Å²) in [4.78, 5) is 23.4. The predicted molar refractivity (Wildman–Crippen MR) is 85.7 cm³/mol. The van der Waals surface area contributed by atoms with Gasteiger partial charge in [0.05, 0.1) is 6.42 Å². The van der Waals surface area contributed by atoms with Crippen LogP contribution in [0.3, 0.4) is 0 Å². The number of para-hydroxylation sites is 1. The Morgan fingerprint density at radius 2 is 1.73 bits per heavy atom. The van der Waals surface area contributed by atoms with Gasteiger partial charge >= 0.3 is 5.97 Å². The Bertz CT molecular complexity index is 665. The van der Waals surface area contributed by atoms with Crippen LogP contribution in [0.1, 0.15) is 16.7 Å². The van der Waals surface area contributed by atoms with E-state index >= 15 is 0 Å². The first-order valence-corrected chi connectivity index (χ1v) is 7.11. The van der Waals surface area contributed by atoms with Gasteiger partial charge in [0, 0.05) is 5.69 Å². The number of hydrogen-bond acceptors (Lipinski definition) is 3. The average Bonchev–Trinajstić information content (AvgIpc) is 2.50. The van der Waals surface area contributed by atoms with Gasteiger partial charge in [-0.25, -0.2) is 0 Å². The molecule has 4 heteroatoms. The second-order valence-electron chi connectivity index (χ2n) is 5.17. The monoisotopic (exact) mass is 297 g/mol. The van der Waals surface area contributed by atoms with Crippen LogP contribution in [0.5, 0.6) is 0 Å². The first-order valence-electron chi connectivity index (χ1n) is 7.11. The fourth-order valence-corrected chi connectivity index (χ4v) is 2.00. The number of hydrogen-bond donors (Lipinski definition) is 1. The second kappa shape index (κ2) is 7.41. The topological polar surface area (TPSA) is 55.4 Å². The molecule has 0 saturated heterocycles. The number of carbonyl (C=O) groups is 2. The van der Waals surface area contributed by atoms with Crippen molar-refractivity contribution in [1.82, 2.24) is 0 Å². The SMILES string of the molecule is Cc1ccc(CC(=O)OCC(=O)Nc2ccccc2)cc1C. The van der Waals surface area contributed by atoms with Crippen molar-refractivity contribution in [2.45, 2.75) is 20.3 Å². The summed E-state index contributed by atoms with van der Waals surface area (Å²) in [6.07, 6.45) is 0.166. The van der Waals surface area contributed by atoms with Crippen LogP contribution in [-0.2, 0) is 20.7 Å². The third-order valence-electron chi connectivity index (χ3n) is 3.34. The van der Waals surface area contributed by atoms with Gasteiger partial charge in [0.1, 0.15) is 0 Å². The number of esters is 1. The van der Waals surface area contributed by atoms with Crippen molar-refractivity contribution in [2.75, 3.05) is 11.9 Å². The van der Waals surface area contributed by atoms with Crippen molar-refractivity contribution in [1.29, 1.82) is 0 Å². The summed E-state index contributed by atoms with van der Waals surface area (Å²) in [5.74, 6) is -0.758. The summed E-state index contributed by atoms with van der Waals surface area (Å²) < 4.78 is 5.00. The van der Waals surface area contributed by atoms with Crippen LogP contribution < -0.4 is 5.32 Å². The Labute approximate surface area is 130 Å². The molecule has 0 spiro atoms. The molecule has 0 fully saturated rings. The number of anilines is 1. The van der Waals surface area contributed by atoms with Crippen LogP contribution in [0.4, 0.5) is 5.69 Å². The number of aryl methyl sites for hydroxylation is 2. The van der Waals surface area contributed by atoms with Gasteiger partial charge in [-0.05, 0) is 42.7 Å². The molecule has 22 heavy (non-hydrogen) atoms. The van der Waals surface area contributed by atoms with E-state index in [0.717, 1.165) is 11.1 Å². The summed E-state index contributed by atoms with van der Waals surface area (Å²) in [5.41, 5.74) is 3.88. The van der Waals surface area contributed by atoms with Gasteiger partial charge < -0.3 is 10.1 Å². The smallest absolute Gasteiger partial charge is 0.310 e. The quantitative estimate of drug-likeness (QED) is 0.863. The molecule has 0 aliphatic heterocycles. The molecule has 1 amide bonds. The van der Waals surface area contributed by atoms with E-state index in [2.05, 4.69) is 5.32 Å². The normalized spacial score (nSPS) is 10.1. The number of ether oxygens (including phenoxy) is 1. The van der Waals surface area contributed by atoms with E-state index in [9.17, 15) is 9.59 Å². The molecule has 2 aromatic rings. The van der Waals surface area contributed by atoms with E-state index in [4.69, 9.17) is 4.74 Å². The van der Waals surface area contributed by atoms with Crippen LogP contribution >= 0.6 is 0 Å². The lowest BCUT2D eigenvalue weighted by Crippen LogP contribution is -2.21. The molecule has 0 radical (unpaired) electrons. The van der Waals surface area contributed by atoms with E-state index < -0.39 is 5.97 Å². The van der Waals surface area contributed by atoms with Gasteiger partial charge in [0.25, 0.3) is 5.91 Å². The molecular weight excluding hydrogens is 278 g/mol. The third-order valence-corrected chi connectivity index (χ3v) is 3.34. The highest BCUT2D eigenvalue weighted by Gasteiger charge is 2.09. The van der Waals surface area contributed by atoms with Crippen LogP contribution in [0.25, 0.3) is 0 Å². The third kappa shape index (κ3) is 4.74. The zero-order chi connectivity index (χ0) is 15.9. The van der Waals surface area contributed by atoms with E-state index in [1.807, 2.05) is 50.2 Å².